The Balaban J connectivity index is 2.27. The molecular weight excluding hydrogens is 246 g/mol. The second-order valence-corrected chi connectivity index (χ2v) is 5.33. The molecule has 1 heterocycles. The van der Waals surface area contributed by atoms with Crippen LogP contribution in [-0.2, 0) is 4.74 Å². The molecule has 16 heavy (non-hydrogen) atoms. The Hall–Kier alpha value is -0.130. The predicted molar refractivity (Wildman–Crippen MR) is 68.2 cm³/mol. The monoisotopic (exact) mass is 263 g/mol. The quantitative estimate of drug-likeness (QED) is 0.794. The van der Waals surface area contributed by atoms with E-state index in [2.05, 4.69) is 12.2 Å². The van der Waals surface area contributed by atoms with Crippen LogP contribution in [0.4, 0.5) is 0 Å². The molecule has 5 heteroatoms. The third-order valence-corrected chi connectivity index (χ3v) is 3.61. The molecule has 0 fully saturated rings. The van der Waals surface area contributed by atoms with E-state index in [0.29, 0.717) is 19.8 Å². The van der Waals surface area contributed by atoms with Crippen LogP contribution in [0, 0.1) is 0 Å². The molecule has 0 aliphatic carbocycles. The summed E-state index contributed by atoms with van der Waals surface area (Å²) in [5.41, 5.74) is 0. The molecule has 3 nitrogen and oxygen atoms in total. The fraction of sp³-hybridized carbons (Fsp3) is 0.636. The first-order valence-electron chi connectivity index (χ1n) is 5.38. The summed E-state index contributed by atoms with van der Waals surface area (Å²) < 4.78 is 5.92. The SMILES string of the molecule is CCOCC(O)CNC(C)c1ccc(Cl)s1. The van der Waals surface area contributed by atoms with E-state index in [-0.39, 0.29) is 6.04 Å². The lowest BCUT2D eigenvalue weighted by Gasteiger charge is -2.15. The van der Waals surface area contributed by atoms with Gasteiger partial charge in [0.2, 0.25) is 0 Å². The molecule has 1 aromatic heterocycles. The number of nitrogens with one attached hydrogen (secondary N) is 1. The Morgan fingerprint density at radius 2 is 2.31 bits per heavy atom. The molecule has 0 saturated carbocycles. The first-order valence-corrected chi connectivity index (χ1v) is 6.57. The zero-order valence-electron chi connectivity index (χ0n) is 9.57. The van der Waals surface area contributed by atoms with Crippen molar-refractivity contribution in [3.63, 3.8) is 0 Å². The van der Waals surface area contributed by atoms with Crippen LogP contribution in [0.15, 0.2) is 12.1 Å². The third kappa shape index (κ3) is 4.80. The lowest BCUT2D eigenvalue weighted by atomic mass is 10.2. The van der Waals surface area contributed by atoms with Crippen LogP contribution in [0.2, 0.25) is 4.34 Å². The summed E-state index contributed by atoms with van der Waals surface area (Å²) in [6.07, 6.45) is -0.460. The van der Waals surface area contributed by atoms with Crippen LogP contribution in [0.3, 0.4) is 0 Å². The zero-order valence-corrected chi connectivity index (χ0v) is 11.1. The summed E-state index contributed by atoms with van der Waals surface area (Å²) in [6, 6.07) is 4.09. The summed E-state index contributed by atoms with van der Waals surface area (Å²) in [4.78, 5) is 1.17. The zero-order chi connectivity index (χ0) is 12.0. The highest BCUT2D eigenvalue weighted by atomic mass is 35.5. The average Bonchev–Trinajstić information content (AvgIpc) is 2.69. The summed E-state index contributed by atoms with van der Waals surface area (Å²) in [6.45, 7) is 5.50. The Bertz CT molecular complexity index is 306. The van der Waals surface area contributed by atoms with Crippen molar-refractivity contribution in [2.75, 3.05) is 19.8 Å². The maximum atomic E-state index is 9.57. The van der Waals surface area contributed by atoms with Crippen molar-refractivity contribution in [2.45, 2.75) is 26.0 Å². The number of halogens is 1. The van der Waals surface area contributed by atoms with Crippen LogP contribution in [0.25, 0.3) is 0 Å². The molecule has 0 amide bonds. The van der Waals surface area contributed by atoms with Crippen molar-refractivity contribution in [1.82, 2.24) is 5.32 Å². The van der Waals surface area contributed by atoms with Crippen molar-refractivity contribution in [2.24, 2.45) is 0 Å². The third-order valence-electron chi connectivity index (χ3n) is 2.19. The van der Waals surface area contributed by atoms with E-state index in [1.54, 1.807) is 11.3 Å². The lowest BCUT2D eigenvalue weighted by molar-refractivity contribution is 0.0417. The summed E-state index contributed by atoms with van der Waals surface area (Å²) in [5.74, 6) is 0. The minimum atomic E-state index is -0.460. The summed E-state index contributed by atoms with van der Waals surface area (Å²) in [7, 11) is 0. The highest BCUT2D eigenvalue weighted by Crippen LogP contribution is 2.26. The largest absolute Gasteiger partial charge is 0.389 e. The smallest absolute Gasteiger partial charge is 0.0931 e. The Morgan fingerprint density at radius 1 is 1.56 bits per heavy atom. The number of rotatable bonds is 7. The van der Waals surface area contributed by atoms with Gasteiger partial charge in [0.15, 0.2) is 0 Å². The minimum absolute atomic E-state index is 0.203. The van der Waals surface area contributed by atoms with Gasteiger partial charge in [-0.1, -0.05) is 11.6 Å². The molecule has 2 N–H and O–H groups in total. The standard InChI is InChI=1S/C11H18ClNO2S/c1-3-15-7-9(14)6-13-8(2)10-4-5-11(12)16-10/h4-5,8-9,13-14H,3,6-7H2,1-2H3. The first kappa shape index (κ1) is 13.9. The van der Waals surface area contributed by atoms with E-state index in [0.717, 1.165) is 4.34 Å². The van der Waals surface area contributed by atoms with Crippen LogP contribution < -0.4 is 5.32 Å². The van der Waals surface area contributed by atoms with Crippen molar-refractivity contribution in [3.8, 4) is 0 Å². The van der Waals surface area contributed by atoms with Gasteiger partial charge in [-0.3, -0.25) is 0 Å². The molecule has 0 saturated heterocycles. The number of hydrogen-bond acceptors (Lipinski definition) is 4. The molecule has 0 aliphatic heterocycles. The molecule has 1 rings (SSSR count). The van der Waals surface area contributed by atoms with Gasteiger partial charge < -0.3 is 15.2 Å². The van der Waals surface area contributed by atoms with Crippen molar-refractivity contribution in [3.05, 3.63) is 21.3 Å². The molecular formula is C11H18ClNO2S. The van der Waals surface area contributed by atoms with E-state index < -0.39 is 6.10 Å². The Labute approximate surface area is 105 Å². The molecule has 0 spiro atoms. The fourth-order valence-corrected chi connectivity index (χ4v) is 2.37. The van der Waals surface area contributed by atoms with Gasteiger partial charge >= 0.3 is 0 Å². The number of ether oxygens (including phenoxy) is 1. The molecule has 2 unspecified atom stereocenters. The summed E-state index contributed by atoms with van der Waals surface area (Å²) in [5, 5.41) is 12.8. The van der Waals surface area contributed by atoms with E-state index >= 15 is 0 Å². The fourth-order valence-electron chi connectivity index (χ4n) is 1.29. The van der Waals surface area contributed by atoms with Gasteiger partial charge in [0, 0.05) is 24.1 Å². The summed E-state index contributed by atoms with van der Waals surface area (Å²) >= 11 is 7.41. The van der Waals surface area contributed by atoms with E-state index in [1.807, 2.05) is 19.1 Å². The number of hydrogen-bond donors (Lipinski definition) is 2. The van der Waals surface area contributed by atoms with Gasteiger partial charge in [0.25, 0.3) is 0 Å². The molecule has 1 aromatic rings. The number of aliphatic hydroxyl groups excluding tert-OH is 1. The number of thiophene rings is 1. The van der Waals surface area contributed by atoms with Gasteiger partial charge in [-0.2, -0.15) is 0 Å². The molecule has 92 valence electrons. The van der Waals surface area contributed by atoms with Gasteiger partial charge in [-0.25, -0.2) is 0 Å². The highest BCUT2D eigenvalue weighted by molar-refractivity contribution is 7.16. The van der Waals surface area contributed by atoms with Crippen LogP contribution in [0.1, 0.15) is 24.8 Å². The van der Waals surface area contributed by atoms with Crippen LogP contribution in [0.5, 0.6) is 0 Å². The van der Waals surface area contributed by atoms with E-state index in [9.17, 15) is 5.11 Å². The molecule has 0 bridgehead atoms. The first-order chi connectivity index (χ1) is 7.63. The minimum Gasteiger partial charge on any atom is -0.389 e. The van der Waals surface area contributed by atoms with Gasteiger partial charge in [0.1, 0.15) is 0 Å². The Morgan fingerprint density at radius 3 is 2.88 bits per heavy atom. The number of aliphatic hydroxyl groups is 1. The average molecular weight is 264 g/mol. The van der Waals surface area contributed by atoms with E-state index in [1.165, 1.54) is 4.88 Å². The van der Waals surface area contributed by atoms with Crippen molar-refractivity contribution >= 4 is 22.9 Å². The highest BCUT2D eigenvalue weighted by Gasteiger charge is 2.10. The second-order valence-electron chi connectivity index (χ2n) is 3.59. The van der Waals surface area contributed by atoms with Gasteiger partial charge in [-0.05, 0) is 26.0 Å². The second kappa shape index (κ2) is 7.25. The maximum Gasteiger partial charge on any atom is 0.0931 e. The Kier molecular flexibility index (Phi) is 6.31. The molecule has 0 aromatic carbocycles. The normalized spacial score (nSPS) is 15.0. The van der Waals surface area contributed by atoms with Gasteiger partial charge in [0.05, 0.1) is 17.0 Å². The lowest BCUT2D eigenvalue weighted by Crippen LogP contribution is -2.31. The van der Waals surface area contributed by atoms with Crippen LogP contribution in [-0.4, -0.2) is 31.0 Å². The van der Waals surface area contributed by atoms with Crippen LogP contribution >= 0.6 is 22.9 Å². The molecule has 0 aliphatic rings. The van der Waals surface area contributed by atoms with E-state index in [4.69, 9.17) is 16.3 Å². The van der Waals surface area contributed by atoms with Gasteiger partial charge in [-0.15, -0.1) is 11.3 Å². The maximum absolute atomic E-state index is 9.57. The predicted octanol–water partition coefficient (Wildman–Crippen LogP) is 2.45. The molecule has 0 radical (unpaired) electrons. The molecule has 2 atom stereocenters. The topological polar surface area (TPSA) is 41.5 Å². The van der Waals surface area contributed by atoms with Crippen molar-refractivity contribution in [1.29, 1.82) is 0 Å². The van der Waals surface area contributed by atoms with Crippen molar-refractivity contribution < 1.29 is 9.84 Å².